The zero-order valence-electron chi connectivity index (χ0n) is 28.1. The van der Waals surface area contributed by atoms with Crippen LogP contribution in [0.25, 0.3) is 11.0 Å². The zero-order chi connectivity index (χ0) is 34.5. The van der Waals surface area contributed by atoms with Gasteiger partial charge in [-0.15, -0.1) is 0 Å². The number of ether oxygens (including phenoxy) is 1. The van der Waals surface area contributed by atoms with Gasteiger partial charge in [-0.1, -0.05) is 54.6 Å². The molecule has 2 heterocycles. The minimum atomic E-state index is -4.03. The fourth-order valence-electron chi connectivity index (χ4n) is 6.24. The SMILES string of the molecule is CCOCc1oc2ccc(S(=O)(=O)N(CCc3ccccc3)c3ccccc3N3CCN(C(=O)c4ccc(C(C)=O)cc4)CC3)cc2c1C. The molecule has 1 fully saturated rings. The number of hydrogen-bond acceptors (Lipinski definition) is 7. The number of carbonyl (C=O) groups excluding carboxylic acids is 2. The second-order valence-electron chi connectivity index (χ2n) is 12.2. The molecule has 9 nitrogen and oxygen atoms in total. The molecule has 0 atom stereocenters. The third-order valence-corrected chi connectivity index (χ3v) is 10.9. The maximum Gasteiger partial charge on any atom is 0.264 e. The van der Waals surface area contributed by atoms with Crippen molar-refractivity contribution in [2.75, 3.05) is 48.5 Å². The molecule has 254 valence electrons. The van der Waals surface area contributed by atoms with Crippen LogP contribution >= 0.6 is 0 Å². The van der Waals surface area contributed by atoms with E-state index in [0.29, 0.717) is 74.0 Å². The van der Waals surface area contributed by atoms with E-state index in [4.69, 9.17) is 9.15 Å². The quantitative estimate of drug-likeness (QED) is 0.133. The fourth-order valence-corrected chi connectivity index (χ4v) is 7.75. The third-order valence-electron chi connectivity index (χ3n) is 9.07. The zero-order valence-corrected chi connectivity index (χ0v) is 28.9. The standard InChI is InChI=1S/C39H41N3O6S/c1-4-47-27-38-28(2)34-26-33(18-19-37(34)48-38)49(45,46)42(21-20-30-10-6-5-7-11-30)36-13-9-8-12-35(36)40-22-24-41(25-23-40)39(44)32-16-14-31(15-17-32)29(3)43/h5-19,26H,4,20-25,27H2,1-3H3. The van der Waals surface area contributed by atoms with Crippen molar-refractivity contribution in [2.24, 2.45) is 0 Å². The Morgan fingerprint density at radius 3 is 2.22 bits per heavy atom. The Bertz CT molecular complexity index is 2050. The monoisotopic (exact) mass is 679 g/mol. The molecule has 0 aliphatic carbocycles. The lowest BCUT2D eigenvalue weighted by atomic mass is 10.1. The van der Waals surface area contributed by atoms with Gasteiger partial charge in [0.1, 0.15) is 18.0 Å². The molecule has 49 heavy (non-hydrogen) atoms. The van der Waals surface area contributed by atoms with Gasteiger partial charge in [-0.2, -0.15) is 0 Å². The normalized spacial score (nSPS) is 13.5. The summed E-state index contributed by atoms with van der Waals surface area (Å²) in [4.78, 5) is 29.1. The van der Waals surface area contributed by atoms with E-state index in [-0.39, 0.29) is 23.1 Å². The summed E-state index contributed by atoms with van der Waals surface area (Å²) in [5.74, 6) is 0.544. The maximum atomic E-state index is 14.7. The van der Waals surface area contributed by atoms with Gasteiger partial charge in [-0.3, -0.25) is 13.9 Å². The van der Waals surface area contributed by atoms with Gasteiger partial charge in [0.2, 0.25) is 0 Å². The average molecular weight is 680 g/mol. The van der Waals surface area contributed by atoms with Gasteiger partial charge in [0.25, 0.3) is 15.9 Å². The van der Waals surface area contributed by atoms with Gasteiger partial charge >= 0.3 is 0 Å². The van der Waals surface area contributed by atoms with Crippen molar-refractivity contribution < 1.29 is 27.2 Å². The van der Waals surface area contributed by atoms with E-state index in [9.17, 15) is 18.0 Å². The third kappa shape index (κ3) is 7.25. The number of fused-ring (bicyclic) bond motifs is 1. The van der Waals surface area contributed by atoms with Crippen molar-refractivity contribution in [3.05, 3.63) is 125 Å². The minimum Gasteiger partial charge on any atom is -0.458 e. The number of amides is 1. The first-order valence-corrected chi connectivity index (χ1v) is 18.0. The molecule has 1 aliphatic heterocycles. The van der Waals surface area contributed by atoms with E-state index >= 15 is 0 Å². The summed E-state index contributed by atoms with van der Waals surface area (Å²) in [6.45, 7) is 8.45. The maximum absolute atomic E-state index is 14.7. The number of nitrogens with zero attached hydrogens (tertiary/aromatic N) is 3. The molecule has 0 bridgehead atoms. The van der Waals surface area contributed by atoms with Gasteiger partial charge in [-0.05, 0) is 75.2 Å². The number of ketones is 1. The van der Waals surface area contributed by atoms with Gasteiger partial charge in [0.15, 0.2) is 5.78 Å². The largest absolute Gasteiger partial charge is 0.458 e. The number of Topliss-reactive ketones (excluding diaryl/α,β-unsaturated/α-hetero) is 1. The molecular formula is C39H41N3O6S. The number of aryl methyl sites for hydroxylation is 1. The summed E-state index contributed by atoms with van der Waals surface area (Å²) in [5.41, 5.74) is 4.98. The molecule has 0 unspecified atom stereocenters. The van der Waals surface area contributed by atoms with Gasteiger partial charge in [0, 0.05) is 61.4 Å². The second-order valence-corrected chi connectivity index (χ2v) is 14.0. The Morgan fingerprint density at radius 2 is 1.53 bits per heavy atom. The smallest absolute Gasteiger partial charge is 0.264 e. The van der Waals surface area contributed by atoms with E-state index in [1.807, 2.05) is 68.4 Å². The summed E-state index contributed by atoms with van der Waals surface area (Å²) >= 11 is 0. The highest BCUT2D eigenvalue weighted by Crippen LogP contribution is 2.36. The van der Waals surface area contributed by atoms with Crippen molar-refractivity contribution in [1.29, 1.82) is 0 Å². The Balaban J connectivity index is 1.29. The summed E-state index contributed by atoms with van der Waals surface area (Å²) in [7, 11) is -4.03. The van der Waals surface area contributed by atoms with Crippen LogP contribution in [0.3, 0.4) is 0 Å². The number of piperazine rings is 1. The molecule has 6 rings (SSSR count). The number of rotatable bonds is 12. The molecule has 1 amide bonds. The van der Waals surface area contributed by atoms with Crippen LogP contribution in [-0.4, -0.2) is 64.3 Å². The van der Waals surface area contributed by atoms with Crippen molar-refractivity contribution in [2.45, 2.75) is 38.7 Å². The summed E-state index contributed by atoms with van der Waals surface area (Å²) < 4.78 is 42.4. The first-order valence-electron chi connectivity index (χ1n) is 16.6. The van der Waals surface area contributed by atoms with Crippen LogP contribution in [0.4, 0.5) is 11.4 Å². The fraction of sp³-hybridized carbons (Fsp3) is 0.282. The highest BCUT2D eigenvalue weighted by atomic mass is 32.2. The Labute approximate surface area is 287 Å². The van der Waals surface area contributed by atoms with Crippen LogP contribution < -0.4 is 9.21 Å². The van der Waals surface area contributed by atoms with Crippen LogP contribution in [-0.2, 0) is 27.8 Å². The predicted molar refractivity (Wildman–Crippen MR) is 192 cm³/mol. The van der Waals surface area contributed by atoms with E-state index in [1.165, 1.54) is 11.2 Å². The molecular weight excluding hydrogens is 639 g/mol. The number of furan rings is 1. The number of hydrogen-bond donors (Lipinski definition) is 0. The molecule has 1 aliphatic rings. The number of para-hydroxylation sites is 2. The van der Waals surface area contributed by atoms with Crippen LogP contribution in [0.1, 0.15) is 51.5 Å². The van der Waals surface area contributed by atoms with Crippen LogP contribution in [0.15, 0.2) is 106 Å². The van der Waals surface area contributed by atoms with Crippen LogP contribution in [0, 0.1) is 6.92 Å². The van der Waals surface area contributed by atoms with Crippen molar-refractivity contribution in [1.82, 2.24) is 4.90 Å². The van der Waals surface area contributed by atoms with Gasteiger partial charge < -0.3 is 19.0 Å². The number of anilines is 2. The Kier molecular flexibility index (Phi) is 10.2. The van der Waals surface area contributed by atoms with E-state index < -0.39 is 10.0 Å². The molecule has 0 N–H and O–H groups in total. The van der Waals surface area contributed by atoms with E-state index in [2.05, 4.69) is 4.90 Å². The molecule has 0 radical (unpaired) electrons. The summed E-state index contributed by atoms with van der Waals surface area (Å²) in [5, 5.41) is 0.740. The highest BCUT2D eigenvalue weighted by Gasteiger charge is 2.31. The molecule has 10 heteroatoms. The predicted octanol–water partition coefficient (Wildman–Crippen LogP) is 6.88. The Morgan fingerprint density at radius 1 is 0.857 bits per heavy atom. The van der Waals surface area contributed by atoms with E-state index in [1.54, 1.807) is 47.4 Å². The van der Waals surface area contributed by atoms with Gasteiger partial charge in [-0.25, -0.2) is 8.42 Å². The van der Waals surface area contributed by atoms with Crippen molar-refractivity contribution in [3.63, 3.8) is 0 Å². The highest BCUT2D eigenvalue weighted by molar-refractivity contribution is 7.92. The number of sulfonamides is 1. The lowest BCUT2D eigenvalue weighted by Gasteiger charge is -2.38. The molecule has 4 aromatic carbocycles. The lowest BCUT2D eigenvalue weighted by molar-refractivity contribution is 0.0746. The second kappa shape index (κ2) is 14.7. The first kappa shape index (κ1) is 34.0. The summed E-state index contributed by atoms with van der Waals surface area (Å²) in [6.07, 6.45) is 0.518. The Hall–Kier alpha value is -4.93. The van der Waals surface area contributed by atoms with Crippen molar-refractivity contribution >= 4 is 44.1 Å². The first-order chi connectivity index (χ1) is 23.7. The van der Waals surface area contributed by atoms with Crippen LogP contribution in [0.2, 0.25) is 0 Å². The van der Waals surface area contributed by atoms with Gasteiger partial charge in [0.05, 0.1) is 16.3 Å². The minimum absolute atomic E-state index is 0.0464. The summed E-state index contributed by atoms with van der Waals surface area (Å²) in [6, 6.07) is 29.2. The average Bonchev–Trinajstić information content (AvgIpc) is 3.45. The molecule has 0 spiro atoms. The van der Waals surface area contributed by atoms with Crippen molar-refractivity contribution in [3.8, 4) is 0 Å². The molecule has 5 aromatic rings. The molecule has 1 saturated heterocycles. The number of carbonyl (C=O) groups is 2. The van der Waals surface area contributed by atoms with Crippen LogP contribution in [0.5, 0.6) is 0 Å². The number of benzene rings is 4. The molecule has 0 saturated carbocycles. The van der Waals surface area contributed by atoms with E-state index in [0.717, 1.165) is 22.2 Å². The molecule has 1 aromatic heterocycles. The topological polar surface area (TPSA) is 100 Å². The lowest BCUT2D eigenvalue weighted by Crippen LogP contribution is -2.49.